The van der Waals surface area contributed by atoms with Crippen LogP contribution in [0.15, 0.2) is 12.1 Å². The number of aliphatic hydroxyl groups is 1. The van der Waals surface area contributed by atoms with Crippen LogP contribution in [-0.2, 0) is 11.4 Å². The maximum atomic E-state index is 13.6. The van der Waals surface area contributed by atoms with Gasteiger partial charge in [-0.3, -0.25) is 4.79 Å². The molecule has 0 bridgehead atoms. The summed E-state index contributed by atoms with van der Waals surface area (Å²) in [4.78, 5) is 15.6. The number of nitrogens with zero attached hydrogens (tertiary/aromatic N) is 2. The molecular weight excluding hydrogens is 282 g/mol. The Balaban J connectivity index is 1.95. The zero-order chi connectivity index (χ0) is 15.4. The van der Waals surface area contributed by atoms with Crippen LogP contribution in [0.2, 0.25) is 0 Å². The number of likely N-dealkylation sites (N-methyl/N-ethyl adjacent to an activating group) is 1. The summed E-state index contributed by atoms with van der Waals surface area (Å²) >= 11 is 0. The normalized spacial score (nSPS) is 16.1. The van der Waals surface area contributed by atoms with Crippen molar-refractivity contribution in [2.45, 2.75) is 6.61 Å². The van der Waals surface area contributed by atoms with Crippen LogP contribution in [0.5, 0.6) is 5.75 Å². The second-order valence-corrected chi connectivity index (χ2v) is 5.02. The van der Waals surface area contributed by atoms with E-state index in [2.05, 4.69) is 4.90 Å². The number of halogens is 2. The van der Waals surface area contributed by atoms with E-state index in [1.54, 1.807) is 4.90 Å². The van der Waals surface area contributed by atoms with Gasteiger partial charge in [-0.05, 0) is 24.7 Å². The van der Waals surface area contributed by atoms with Gasteiger partial charge in [-0.2, -0.15) is 0 Å². The third-order valence-corrected chi connectivity index (χ3v) is 3.44. The highest BCUT2D eigenvalue weighted by Crippen LogP contribution is 2.23. The fourth-order valence-corrected chi connectivity index (χ4v) is 2.12. The number of carbonyl (C=O) groups is 1. The largest absolute Gasteiger partial charge is 0.478 e. The summed E-state index contributed by atoms with van der Waals surface area (Å²) in [5, 5.41) is 8.85. The molecule has 1 heterocycles. The number of piperazine rings is 1. The van der Waals surface area contributed by atoms with Crippen molar-refractivity contribution in [2.24, 2.45) is 0 Å². The van der Waals surface area contributed by atoms with E-state index >= 15 is 0 Å². The fourth-order valence-electron chi connectivity index (χ4n) is 2.12. The van der Waals surface area contributed by atoms with Crippen molar-refractivity contribution in [2.75, 3.05) is 39.8 Å². The number of ether oxygens (including phenoxy) is 1. The number of hydrogen-bond acceptors (Lipinski definition) is 4. The van der Waals surface area contributed by atoms with Crippen LogP contribution in [0.4, 0.5) is 8.78 Å². The standard InChI is InChI=1S/C14H18F2N2O3/c1-17-2-4-18(5-3-17)13(20)9-21-14-11(15)6-10(8-19)7-12(14)16/h6-7,19H,2-5,8-9H2,1H3. The third kappa shape index (κ3) is 3.89. The molecule has 1 saturated heterocycles. The number of benzene rings is 1. The topological polar surface area (TPSA) is 53.0 Å². The summed E-state index contributed by atoms with van der Waals surface area (Å²) in [6.07, 6.45) is 0. The molecule has 0 aliphatic carbocycles. The molecule has 5 nitrogen and oxygen atoms in total. The predicted molar refractivity (Wildman–Crippen MR) is 71.9 cm³/mol. The van der Waals surface area contributed by atoms with E-state index in [9.17, 15) is 13.6 Å². The molecule has 116 valence electrons. The lowest BCUT2D eigenvalue weighted by Gasteiger charge is -2.32. The lowest BCUT2D eigenvalue weighted by atomic mass is 10.2. The van der Waals surface area contributed by atoms with E-state index in [-0.39, 0.29) is 11.5 Å². The fraction of sp³-hybridized carbons (Fsp3) is 0.500. The van der Waals surface area contributed by atoms with Gasteiger partial charge in [-0.1, -0.05) is 0 Å². The Bertz CT molecular complexity index is 494. The molecule has 1 amide bonds. The lowest BCUT2D eigenvalue weighted by Crippen LogP contribution is -2.48. The van der Waals surface area contributed by atoms with E-state index in [1.165, 1.54) is 0 Å². The van der Waals surface area contributed by atoms with Gasteiger partial charge in [0.25, 0.3) is 5.91 Å². The molecule has 1 aliphatic heterocycles. The Morgan fingerprint density at radius 1 is 1.24 bits per heavy atom. The minimum Gasteiger partial charge on any atom is -0.478 e. The minimum absolute atomic E-state index is 0.114. The van der Waals surface area contributed by atoms with Gasteiger partial charge < -0.3 is 19.6 Å². The van der Waals surface area contributed by atoms with E-state index in [1.807, 2.05) is 7.05 Å². The highest BCUT2D eigenvalue weighted by molar-refractivity contribution is 5.77. The minimum atomic E-state index is -0.926. The van der Waals surface area contributed by atoms with Gasteiger partial charge in [0.2, 0.25) is 0 Å². The molecule has 0 atom stereocenters. The van der Waals surface area contributed by atoms with Crippen LogP contribution >= 0.6 is 0 Å². The molecule has 0 aromatic heterocycles. The lowest BCUT2D eigenvalue weighted by molar-refractivity contribution is -0.135. The number of aliphatic hydroxyl groups excluding tert-OH is 1. The molecule has 7 heteroatoms. The SMILES string of the molecule is CN1CCN(C(=O)COc2c(F)cc(CO)cc2F)CC1. The van der Waals surface area contributed by atoms with E-state index < -0.39 is 30.6 Å². The molecule has 0 saturated carbocycles. The van der Waals surface area contributed by atoms with Crippen LogP contribution in [0.1, 0.15) is 5.56 Å². The monoisotopic (exact) mass is 300 g/mol. The van der Waals surface area contributed by atoms with E-state index in [4.69, 9.17) is 9.84 Å². The smallest absolute Gasteiger partial charge is 0.260 e. The van der Waals surface area contributed by atoms with Crippen molar-refractivity contribution in [1.29, 1.82) is 0 Å². The zero-order valence-corrected chi connectivity index (χ0v) is 11.8. The van der Waals surface area contributed by atoms with Crippen molar-refractivity contribution in [1.82, 2.24) is 9.80 Å². The van der Waals surface area contributed by atoms with Crippen LogP contribution < -0.4 is 4.74 Å². The Morgan fingerprint density at radius 2 is 1.81 bits per heavy atom. The summed E-state index contributed by atoms with van der Waals surface area (Å²) in [5.74, 6) is -2.74. The van der Waals surface area contributed by atoms with Gasteiger partial charge >= 0.3 is 0 Å². The molecule has 1 N–H and O–H groups in total. The molecule has 2 rings (SSSR count). The molecule has 0 radical (unpaired) electrons. The molecule has 1 fully saturated rings. The van der Waals surface area contributed by atoms with Gasteiger partial charge in [0.15, 0.2) is 24.0 Å². The van der Waals surface area contributed by atoms with Crippen molar-refractivity contribution >= 4 is 5.91 Å². The number of carbonyl (C=O) groups excluding carboxylic acids is 1. The summed E-state index contributed by atoms with van der Waals surface area (Å²) in [6.45, 7) is 1.81. The Morgan fingerprint density at radius 3 is 2.33 bits per heavy atom. The van der Waals surface area contributed by atoms with Gasteiger partial charge in [-0.25, -0.2) is 8.78 Å². The molecule has 21 heavy (non-hydrogen) atoms. The Kier molecular flexibility index (Phi) is 5.08. The van der Waals surface area contributed by atoms with E-state index in [0.717, 1.165) is 25.2 Å². The Hall–Kier alpha value is -1.73. The average molecular weight is 300 g/mol. The van der Waals surface area contributed by atoms with Crippen molar-refractivity contribution < 1.29 is 23.4 Å². The first kappa shape index (κ1) is 15.7. The third-order valence-electron chi connectivity index (χ3n) is 3.44. The summed E-state index contributed by atoms with van der Waals surface area (Å²) in [7, 11) is 1.96. The molecule has 1 aromatic carbocycles. The quantitative estimate of drug-likeness (QED) is 0.885. The van der Waals surface area contributed by atoms with Crippen LogP contribution in [0.3, 0.4) is 0 Å². The van der Waals surface area contributed by atoms with Crippen molar-refractivity contribution in [3.8, 4) is 5.75 Å². The van der Waals surface area contributed by atoms with Gasteiger partial charge in [0, 0.05) is 26.2 Å². The Labute approximate surface area is 121 Å². The number of hydrogen-bond donors (Lipinski definition) is 1. The zero-order valence-electron chi connectivity index (χ0n) is 11.8. The van der Waals surface area contributed by atoms with Crippen LogP contribution in [0.25, 0.3) is 0 Å². The first-order chi connectivity index (χ1) is 10.0. The van der Waals surface area contributed by atoms with Crippen LogP contribution in [0, 0.1) is 11.6 Å². The predicted octanol–water partition coefficient (Wildman–Crippen LogP) is 0.610. The summed E-state index contributed by atoms with van der Waals surface area (Å²) in [6, 6.07) is 1.97. The molecule has 1 aromatic rings. The van der Waals surface area contributed by atoms with Crippen molar-refractivity contribution in [3.63, 3.8) is 0 Å². The number of rotatable bonds is 4. The molecule has 1 aliphatic rings. The second-order valence-electron chi connectivity index (χ2n) is 5.02. The van der Waals surface area contributed by atoms with Gasteiger partial charge in [0.05, 0.1) is 6.61 Å². The van der Waals surface area contributed by atoms with Crippen molar-refractivity contribution in [3.05, 3.63) is 29.3 Å². The first-order valence-corrected chi connectivity index (χ1v) is 6.69. The number of amides is 1. The average Bonchev–Trinajstić information content (AvgIpc) is 2.46. The van der Waals surface area contributed by atoms with E-state index in [0.29, 0.717) is 13.1 Å². The van der Waals surface area contributed by atoms with Crippen LogP contribution in [-0.4, -0.2) is 60.6 Å². The van der Waals surface area contributed by atoms with Gasteiger partial charge in [0.1, 0.15) is 0 Å². The summed E-state index contributed by atoms with van der Waals surface area (Å²) in [5.41, 5.74) is 0.114. The first-order valence-electron chi connectivity index (χ1n) is 6.69. The van der Waals surface area contributed by atoms with Gasteiger partial charge in [-0.15, -0.1) is 0 Å². The molecule has 0 spiro atoms. The highest BCUT2D eigenvalue weighted by atomic mass is 19.1. The second kappa shape index (κ2) is 6.82. The molecular formula is C14H18F2N2O3. The highest BCUT2D eigenvalue weighted by Gasteiger charge is 2.21. The molecule has 0 unspecified atom stereocenters. The maximum absolute atomic E-state index is 13.6. The maximum Gasteiger partial charge on any atom is 0.260 e. The summed E-state index contributed by atoms with van der Waals surface area (Å²) < 4.78 is 32.2.